The van der Waals surface area contributed by atoms with Crippen molar-refractivity contribution >= 4 is 23.3 Å². The molecule has 1 amide bonds. The van der Waals surface area contributed by atoms with Gasteiger partial charge in [-0.1, -0.05) is 35.5 Å². The second kappa shape index (κ2) is 7.98. The van der Waals surface area contributed by atoms with E-state index in [-0.39, 0.29) is 17.2 Å². The van der Waals surface area contributed by atoms with Gasteiger partial charge in [-0.2, -0.15) is 0 Å². The Morgan fingerprint density at radius 2 is 1.84 bits per heavy atom. The van der Waals surface area contributed by atoms with Crippen molar-refractivity contribution in [1.82, 2.24) is 5.16 Å². The first-order valence-corrected chi connectivity index (χ1v) is 9.48. The van der Waals surface area contributed by atoms with Crippen molar-refractivity contribution < 1.29 is 28.7 Å². The number of hydrogen-bond donors (Lipinski definition) is 1. The van der Waals surface area contributed by atoms with Crippen LogP contribution in [0.5, 0.6) is 11.5 Å². The molecule has 2 heterocycles. The minimum absolute atomic E-state index is 0.0802. The van der Waals surface area contributed by atoms with Crippen LogP contribution in [0.25, 0.3) is 5.76 Å². The molecule has 0 spiro atoms. The highest BCUT2D eigenvalue weighted by atomic mass is 16.5. The summed E-state index contributed by atoms with van der Waals surface area (Å²) in [5.41, 5.74) is 0.784. The van der Waals surface area contributed by atoms with E-state index in [0.29, 0.717) is 28.4 Å². The van der Waals surface area contributed by atoms with Gasteiger partial charge in [-0.25, -0.2) is 0 Å². The molecule has 8 nitrogen and oxygen atoms in total. The molecule has 0 radical (unpaired) electrons. The van der Waals surface area contributed by atoms with E-state index in [2.05, 4.69) is 5.16 Å². The van der Waals surface area contributed by atoms with Crippen LogP contribution in [0.15, 0.2) is 64.7 Å². The van der Waals surface area contributed by atoms with Crippen LogP contribution in [0.3, 0.4) is 0 Å². The van der Waals surface area contributed by atoms with Crippen LogP contribution in [0.4, 0.5) is 5.82 Å². The molecule has 1 N–H and O–H groups in total. The minimum Gasteiger partial charge on any atom is -0.507 e. The topological polar surface area (TPSA) is 102 Å². The Bertz CT molecular complexity index is 1200. The lowest BCUT2D eigenvalue weighted by Crippen LogP contribution is -2.29. The Kier molecular flexibility index (Phi) is 5.21. The summed E-state index contributed by atoms with van der Waals surface area (Å²) in [5.74, 6) is -0.388. The van der Waals surface area contributed by atoms with E-state index in [1.807, 2.05) is 0 Å². The third-order valence-electron chi connectivity index (χ3n) is 5.08. The van der Waals surface area contributed by atoms with E-state index in [9.17, 15) is 14.7 Å². The summed E-state index contributed by atoms with van der Waals surface area (Å²) in [6.45, 7) is 1.68. The van der Waals surface area contributed by atoms with Crippen LogP contribution in [0.1, 0.15) is 22.9 Å². The summed E-state index contributed by atoms with van der Waals surface area (Å²) in [7, 11) is 2.99. The van der Waals surface area contributed by atoms with Crippen molar-refractivity contribution in [2.75, 3.05) is 19.1 Å². The van der Waals surface area contributed by atoms with Crippen LogP contribution in [0.2, 0.25) is 0 Å². The lowest BCUT2D eigenvalue weighted by atomic mass is 9.94. The van der Waals surface area contributed by atoms with Gasteiger partial charge in [-0.05, 0) is 25.1 Å². The van der Waals surface area contributed by atoms with Crippen molar-refractivity contribution in [3.63, 3.8) is 0 Å². The standard InChI is InChI=1S/C23H20N2O6/c1-13-11-18(24-31-13)25-20(16-9-4-5-10-17(16)30-3)19(22(27)23(25)28)21(26)14-7-6-8-15(12-14)29-2/h4-12,20,26H,1-3H3. The number of carbonyl (C=O) groups excluding carboxylic acids is 2. The minimum atomic E-state index is -0.966. The van der Waals surface area contributed by atoms with Gasteiger partial charge in [0.25, 0.3) is 5.78 Å². The number of aliphatic hydroxyl groups excluding tert-OH is 1. The summed E-state index contributed by atoms with van der Waals surface area (Å²) in [6, 6.07) is 14.2. The zero-order valence-corrected chi connectivity index (χ0v) is 17.2. The normalized spacial score (nSPS) is 17.8. The highest BCUT2D eigenvalue weighted by Gasteiger charge is 2.49. The average Bonchev–Trinajstić information content (AvgIpc) is 3.33. The smallest absolute Gasteiger partial charge is 0.301 e. The lowest BCUT2D eigenvalue weighted by Gasteiger charge is -2.24. The fourth-order valence-corrected chi connectivity index (χ4v) is 3.65. The molecule has 1 aliphatic heterocycles. The Morgan fingerprint density at radius 3 is 2.52 bits per heavy atom. The van der Waals surface area contributed by atoms with E-state index in [0.717, 1.165) is 0 Å². The zero-order chi connectivity index (χ0) is 22.1. The quantitative estimate of drug-likeness (QED) is 0.382. The van der Waals surface area contributed by atoms with Crippen LogP contribution >= 0.6 is 0 Å². The Morgan fingerprint density at radius 1 is 1.06 bits per heavy atom. The molecule has 1 saturated heterocycles. The predicted molar refractivity (Wildman–Crippen MR) is 112 cm³/mol. The number of hydrogen-bond acceptors (Lipinski definition) is 7. The number of Topliss-reactive ketones (excluding diaryl/α,β-unsaturated/α-hetero) is 1. The van der Waals surface area contributed by atoms with Crippen molar-refractivity contribution in [2.24, 2.45) is 0 Å². The molecule has 1 aliphatic rings. The van der Waals surface area contributed by atoms with Gasteiger partial charge < -0.3 is 19.1 Å². The Balaban J connectivity index is 1.98. The second-order valence-corrected chi connectivity index (χ2v) is 6.94. The van der Waals surface area contributed by atoms with Crippen LogP contribution < -0.4 is 14.4 Å². The average molecular weight is 420 g/mol. The third-order valence-corrected chi connectivity index (χ3v) is 5.08. The van der Waals surface area contributed by atoms with E-state index < -0.39 is 17.7 Å². The maximum absolute atomic E-state index is 13.1. The second-order valence-electron chi connectivity index (χ2n) is 6.94. The van der Waals surface area contributed by atoms with E-state index in [4.69, 9.17) is 14.0 Å². The van der Waals surface area contributed by atoms with E-state index >= 15 is 0 Å². The molecule has 0 saturated carbocycles. The van der Waals surface area contributed by atoms with Crippen molar-refractivity contribution in [3.05, 3.63) is 77.1 Å². The highest BCUT2D eigenvalue weighted by Crippen LogP contribution is 2.44. The zero-order valence-electron chi connectivity index (χ0n) is 17.2. The van der Waals surface area contributed by atoms with Gasteiger partial charge >= 0.3 is 5.91 Å². The van der Waals surface area contributed by atoms with Crippen molar-refractivity contribution in [1.29, 1.82) is 0 Å². The summed E-state index contributed by atoms with van der Waals surface area (Å²) in [6.07, 6.45) is 0. The molecule has 1 unspecified atom stereocenters. The molecule has 8 heteroatoms. The first kappa shape index (κ1) is 20.2. The largest absolute Gasteiger partial charge is 0.507 e. The van der Waals surface area contributed by atoms with Crippen molar-refractivity contribution in [3.8, 4) is 11.5 Å². The summed E-state index contributed by atoms with van der Waals surface area (Å²) in [4.78, 5) is 27.4. The number of ketones is 1. The number of aromatic nitrogens is 1. The number of aliphatic hydroxyl groups is 1. The first-order chi connectivity index (χ1) is 15.0. The molecule has 0 aliphatic carbocycles. The first-order valence-electron chi connectivity index (χ1n) is 9.48. The number of anilines is 1. The maximum Gasteiger partial charge on any atom is 0.301 e. The number of benzene rings is 2. The van der Waals surface area contributed by atoms with Gasteiger partial charge in [0.05, 0.1) is 19.8 Å². The van der Waals surface area contributed by atoms with Gasteiger partial charge in [-0.15, -0.1) is 0 Å². The molecule has 2 aromatic carbocycles. The van der Waals surface area contributed by atoms with Gasteiger partial charge in [0.2, 0.25) is 0 Å². The number of rotatable bonds is 5. The summed E-state index contributed by atoms with van der Waals surface area (Å²) >= 11 is 0. The molecule has 158 valence electrons. The Hall–Kier alpha value is -4.07. The monoisotopic (exact) mass is 420 g/mol. The van der Waals surface area contributed by atoms with Crippen LogP contribution in [-0.2, 0) is 9.59 Å². The summed E-state index contributed by atoms with van der Waals surface area (Å²) < 4.78 is 15.8. The maximum atomic E-state index is 13.1. The molecular formula is C23H20N2O6. The number of methoxy groups -OCH3 is 2. The lowest BCUT2D eigenvalue weighted by molar-refractivity contribution is -0.132. The van der Waals surface area contributed by atoms with Crippen LogP contribution in [0, 0.1) is 6.92 Å². The fraction of sp³-hybridized carbons (Fsp3) is 0.174. The van der Waals surface area contributed by atoms with Crippen molar-refractivity contribution in [2.45, 2.75) is 13.0 Å². The molecule has 3 aromatic rings. The van der Waals surface area contributed by atoms with E-state index in [1.54, 1.807) is 61.5 Å². The third kappa shape index (κ3) is 3.42. The molecule has 1 aromatic heterocycles. The molecule has 31 heavy (non-hydrogen) atoms. The van der Waals surface area contributed by atoms with E-state index in [1.165, 1.54) is 19.1 Å². The summed E-state index contributed by atoms with van der Waals surface area (Å²) in [5, 5.41) is 15.1. The number of amides is 1. The molecule has 4 rings (SSSR count). The molecular weight excluding hydrogens is 400 g/mol. The molecule has 1 atom stereocenters. The predicted octanol–water partition coefficient (Wildman–Crippen LogP) is 3.63. The molecule has 1 fully saturated rings. The van der Waals surface area contributed by atoms with Gasteiger partial charge in [0, 0.05) is 17.2 Å². The number of ether oxygens (including phenoxy) is 2. The van der Waals surface area contributed by atoms with Gasteiger partial charge in [-0.3, -0.25) is 14.5 Å². The number of aryl methyl sites for hydroxylation is 1. The Labute approximate surface area is 178 Å². The number of nitrogens with zero attached hydrogens (tertiary/aromatic N) is 2. The SMILES string of the molecule is COc1cccc(C(O)=C2C(=O)C(=O)N(c3cc(C)on3)C2c2ccccc2OC)c1. The van der Waals surface area contributed by atoms with Crippen LogP contribution in [-0.4, -0.2) is 36.2 Å². The highest BCUT2D eigenvalue weighted by molar-refractivity contribution is 6.51. The molecule has 0 bridgehead atoms. The van der Waals surface area contributed by atoms with Gasteiger partial charge in [0.15, 0.2) is 5.82 Å². The van der Waals surface area contributed by atoms with Gasteiger partial charge in [0.1, 0.15) is 29.1 Å². The number of carbonyl (C=O) groups is 2. The fourth-order valence-electron chi connectivity index (χ4n) is 3.65. The number of para-hydroxylation sites is 1.